The fraction of sp³-hybridized carbons (Fsp3) is 0.474. The van der Waals surface area contributed by atoms with Gasteiger partial charge in [0.05, 0.1) is 6.10 Å². The maximum Gasteiger partial charge on any atom is 0.231 e. The molecule has 0 amide bonds. The molecule has 4 heteroatoms. The van der Waals surface area contributed by atoms with Crippen molar-refractivity contribution < 1.29 is 14.2 Å². The Morgan fingerprint density at radius 3 is 2.87 bits per heavy atom. The first-order valence-electron chi connectivity index (χ1n) is 8.45. The molecule has 3 heterocycles. The highest BCUT2D eigenvalue weighted by atomic mass is 32.1. The van der Waals surface area contributed by atoms with E-state index in [4.69, 9.17) is 14.2 Å². The highest BCUT2D eigenvalue weighted by molar-refractivity contribution is 7.12. The van der Waals surface area contributed by atoms with Gasteiger partial charge in [0.15, 0.2) is 11.5 Å². The minimum absolute atomic E-state index is 0.0313. The summed E-state index contributed by atoms with van der Waals surface area (Å²) in [7, 11) is 0. The van der Waals surface area contributed by atoms with Gasteiger partial charge in [0, 0.05) is 15.7 Å². The molecule has 0 N–H and O–H groups in total. The molecular weight excluding hydrogens is 308 g/mol. The van der Waals surface area contributed by atoms with Gasteiger partial charge in [-0.3, -0.25) is 0 Å². The molecule has 0 spiro atoms. The van der Waals surface area contributed by atoms with Crippen molar-refractivity contribution in [3.8, 4) is 11.5 Å². The standard InChI is InChI=1S/C19H20O3S/c1-11-8-14-18(12-6-7-16-17(9-12)21-10-20-16)22-15-5-3-2-4-13(15)19(14)23-11/h6-9,13,15,18H,2-5,10H2,1H3/t13-,15-,18-/m1/s1. The van der Waals surface area contributed by atoms with E-state index in [0.717, 1.165) is 11.5 Å². The number of fused-ring (bicyclic) bond motifs is 4. The average molecular weight is 328 g/mol. The minimum Gasteiger partial charge on any atom is -0.454 e. The predicted octanol–water partition coefficient (Wildman–Crippen LogP) is 4.93. The lowest BCUT2D eigenvalue weighted by molar-refractivity contribution is -0.0374. The normalized spacial score (nSPS) is 28.3. The van der Waals surface area contributed by atoms with Crippen molar-refractivity contribution in [2.75, 3.05) is 6.79 Å². The van der Waals surface area contributed by atoms with Gasteiger partial charge >= 0.3 is 0 Å². The average Bonchev–Trinajstić information content (AvgIpc) is 3.19. The Balaban J connectivity index is 1.59. The molecule has 0 bridgehead atoms. The number of rotatable bonds is 1. The summed E-state index contributed by atoms with van der Waals surface area (Å²) in [6, 6.07) is 8.54. The lowest BCUT2D eigenvalue weighted by Gasteiger charge is -2.39. The molecule has 1 aliphatic carbocycles. The van der Waals surface area contributed by atoms with Gasteiger partial charge < -0.3 is 14.2 Å². The maximum atomic E-state index is 6.59. The van der Waals surface area contributed by atoms with Crippen molar-refractivity contribution in [3.05, 3.63) is 45.1 Å². The zero-order chi connectivity index (χ0) is 15.4. The van der Waals surface area contributed by atoms with Crippen molar-refractivity contribution in [2.24, 2.45) is 0 Å². The quantitative estimate of drug-likeness (QED) is 0.743. The van der Waals surface area contributed by atoms with Crippen molar-refractivity contribution >= 4 is 11.3 Å². The van der Waals surface area contributed by atoms with E-state index in [1.807, 2.05) is 17.4 Å². The van der Waals surface area contributed by atoms with Crippen LogP contribution in [0.25, 0.3) is 0 Å². The molecule has 0 unspecified atom stereocenters. The molecule has 5 rings (SSSR count). The molecule has 0 saturated heterocycles. The first-order valence-corrected chi connectivity index (χ1v) is 9.26. The monoisotopic (exact) mass is 328 g/mol. The van der Waals surface area contributed by atoms with Gasteiger partial charge in [0.2, 0.25) is 6.79 Å². The topological polar surface area (TPSA) is 27.7 Å². The van der Waals surface area contributed by atoms with Crippen LogP contribution in [0.15, 0.2) is 24.3 Å². The summed E-state index contributed by atoms with van der Waals surface area (Å²) in [5.74, 6) is 2.27. The Labute approximate surface area is 140 Å². The van der Waals surface area contributed by atoms with Crippen LogP contribution in [0.4, 0.5) is 0 Å². The minimum atomic E-state index is 0.0313. The second-order valence-corrected chi connectivity index (χ2v) is 8.02. The van der Waals surface area contributed by atoms with Crippen molar-refractivity contribution in [2.45, 2.75) is 50.7 Å². The molecular formula is C19H20O3S. The number of hydrogen-bond acceptors (Lipinski definition) is 4. The van der Waals surface area contributed by atoms with Crippen LogP contribution in [-0.4, -0.2) is 12.9 Å². The summed E-state index contributed by atoms with van der Waals surface area (Å²) in [4.78, 5) is 2.94. The van der Waals surface area contributed by atoms with Crippen LogP contribution < -0.4 is 9.47 Å². The van der Waals surface area contributed by atoms with E-state index in [1.165, 1.54) is 41.7 Å². The Morgan fingerprint density at radius 1 is 1.04 bits per heavy atom. The van der Waals surface area contributed by atoms with Gasteiger partial charge in [0.25, 0.3) is 0 Å². The number of hydrogen-bond donors (Lipinski definition) is 0. The van der Waals surface area contributed by atoms with Gasteiger partial charge in [0.1, 0.15) is 6.10 Å². The molecule has 2 aromatic rings. The molecule has 1 aromatic heterocycles. The second kappa shape index (κ2) is 5.25. The third kappa shape index (κ3) is 2.19. The van der Waals surface area contributed by atoms with Crippen LogP contribution in [0.1, 0.15) is 58.6 Å². The van der Waals surface area contributed by atoms with Gasteiger partial charge in [-0.25, -0.2) is 0 Å². The predicted molar refractivity (Wildman–Crippen MR) is 89.5 cm³/mol. The Hall–Kier alpha value is -1.52. The van der Waals surface area contributed by atoms with Crippen LogP contribution in [0.5, 0.6) is 11.5 Å². The highest BCUT2D eigenvalue weighted by Crippen LogP contribution is 2.50. The van der Waals surface area contributed by atoms with E-state index in [1.54, 1.807) is 4.88 Å². The number of benzene rings is 1. The van der Waals surface area contributed by atoms with Gasteiger partial charge in [-0.1, -0.05) is 18.9 Å². The molecule has 23 heavy (non-hydrogen) atoms. The number of aryl methyl sites for hydroxylation is 1. The Bertz CT molecular complexity index is 751. The van der Waals surface area contributed by atoms with E-state index in [-0.39, 0.29) is 6.10 Å². The molecule has 3 aliphatic rings. The summed E-state index contributed by atoms with van der Waals surface area (Å²) in [5.41, 5.74) is 2.55. The van der Waals surface area contributed by atoms with Crippen molar-refractivity contribution in [1.29, 1.82) is 0 Å². The molecule has 2 aliphatic heterocycles. The third-order valence-electron chi connectivity index (χ3n) is 5.25. The SMILES string of the molecule is Cc1cc2c(s1)[C@@H]1CCCC[C@H]1O[C@@H]2c1ccc2c(c1)OCO2. The van der Waals surface area contributed by atoms with Crippen molar-refractivity contribution in [3.63, 3.8) is 0 Å². The fourth-order valence-corrected chi connectivity index (χ4v) is 5.43. The van der Waals surface area contributed by atoms with Crippen LogP contribution >= 0.6 is 11.3 Å². The summed E-state index contributed by atoms with van der Waals surface area (Å²) >= 11 is 1.96. The molecule has 0 radical (unpaired) electrons. The molecule has 3 nitrogen and oxygen atoms in total. The van der Waals surface area contributed by atoms with E-state index in [2.05, 4.69) is 25.1 Å². The number of thiophene rings is 1. The first kappa shape index (κ1) is 13.9. The van der Waals surface area contributed by atoms with E-state index >= 15 is 0 Å². The molecule has 120 valence electrons. The molecule has 1 fully saturated rings. The second-order valence-electron chi connectivity index (χ2n) is 6.73. The lowest BCUT2D eigenvalue weighted by Crippen LogP contribution is -2.32. The summed E-state index contributed by atoms with van der Waals surface area (Å²) in [5, 5.41) is 0. The fourth-order valence-electron chi connectivity index (χ4n) is 4.19. The van der Waals surface area contributed by atoms with Gasteiger partial charge in [-0.2, -0.15) is 0 Å². The molecule has 3 atom stereocenters. The molecule has 1 saturated carbocycles. The third-order valence-corrected chi connectivity index (χ3v) is 6.44. The smallest absolute Gasteiger partial charge is 0.231 e. The van der Waals surface area contributed by atoms with Gasteiger partial charge in [-0.05, 0) is 49.1 Å². The van der Waals surface area contributed by atoms with Crippen LogP contribution in [0.2, 0.25) is 0 Å². The number of ether oxygens (including phenoxy) is 3. The van der Waals surface area contributed by atoms with Gasteiger partial charge in [-0.15, -0.1) is 11.3 Å². The Kier molecular flexibility index (Phi) is 3.17. The maximum absolute atomic E-state index is 6.59. The zero-order valence-electron chi connectivity index (χ0n) is 13.2. The van der Waals surface area contributed by atoms with Crippen LogP contribution in [-0.2, 0) is 4.74 Å². The van der Waals surface area contributed by atoms with E-state index < -0.39 is 0 Å². The lowest BCUT2D eigenvalue weighted by atomic mass is 9.80. The van der Waals surface area contributed by atoms with Crippen molar-refractivity contribution in [1.82, 2.24) is 0 Å². The van der Waals surface area contributed by atoms with E-state index in [0.29, 0.717) is 18.8 Å². The van der Waals surface area contributed by atoms with E-state index in [9.17, 15) is 0 Å². The first-order chi connectivity index (χ1) is 11.3. The highest BCUT2D eigenvalue weighted by Gasteiger charge is 2.39. The summed E-state index contributed by atoms with van der Waals surface area (Å²) in [6.07, 6.45) is 5.46. The van der Waals surface area contributed by atoms with Crippen LogP contribution in [0.3, 0.4) is 0 Å². The molecule has 1 aromatic carbocycles. The largest absolute Gasteiger partial charge is 0.454 e. The summed E-state index contributed by atoms with van der Waals surface area (Å²) < 4.78 is 17.6. The Morgan fingerprint density at radius 2 is 1.91 bits per heavy atom. The zero-order valence-corrected chi connectivity index (χ0v) is 14.0. The van der Waals surface area contributed by atoms with Crippen LogP contribution in [0, 0.1) is 6.92 Å². The summed E-state index contributed by atoms with van der Waals surface area (Å²) in [6.45, 7) is 2.52.